The zero-order chi connectivity index (χ0) is 23.8. The number of urea groups is 2. The predicted octanol–water partition coefficient (Wildman–Crippen LogP) is 2.78. The number of thiophene rings is 1. The molecular formula is C23H35N5O4S. The Labute approximate surface area is 199 Å². The van der Waals surface area contributed by atoms with Crippen LogP contribution in [0.5, 0.6) is 0 Å². The summed E-state index contributed by atoms with van der Waals surface area (Å²) in [6.45, 7) is 10.3. The number of likely N-dealkylation sites (N-methyl/N-ethyl adjacent to an activating group) is 1. The molecule has 182 valence electrons. The monoisotopic (exact) mass is 477 g/mol. The number of hydrogen-bond acceptors (Lipinski definition) is 6. The van der Waals surface area contributed by atoms with Crippen molar-refractivity contribution in [2.75, 3.05) is 52.4 Å². The van der Waals surface area contributed by atoms with E-state index in [4.69, 9.17) is 4.74 Å². The first-order valence-electron chi connectivity index (χ1n) is 11.7. The normalized spacial score (nSPS) is 19.8. The van der Waals surface area contributed by atoms with E-state index in [-0.39, 0.29) is 18.7 Å². The first-order chi connectivity index (χ1) is 16.0. The minimum absolute atomic E-state index is 0.0325. The Morgan fingerprint density at radius 3 is 2.70 bits per heavy atom. The summed E-state index contributed by atoms with van der Waals surface area (Å²) in [5.74, 6) is -0.405. The third-order valence-corrected chi connectivity index (χ3v) is 6.60. The van der Waals surface area contributed by atoms with Crippen molar-refractivity contribution >= 4 is 29.4 Å². The Hall–Kier alpha value is -2.59. The third-order valence-electron chi connectivity index (χ3n) is 5.90. The molecule has 9 nitrogen and oxygen atoms in total. The molecule has 1 aromatic heterocycles. The summed E-state index contributed by atoms with van der Waals surface area (Å²) in [4.78, 5) is 44.2. The highest BCUT2D eigenvalue weighted by Gasteiger charge is 2.38. The average Bonchev–Trinajstić information content (AvgIpc) is 3.24. The van der Waals surface area contributed by atoms with Gasteiger partial charge in [0.25, 0.3) is 0 Å². The lowest BCUT2D eigenvalue weighted by molar-refractivity contribution is -0.139. The highest BCUT2D eigenvalue weighted by atomic mass is 32.1. The number of amides is 4. The third kappa shape index (κ3) is 6.05. The van der Waals surface area contributed by atoms with Crippen LogP contribution in [0.3, 0.4) is 0 Å². The van der Waals surface area contributed by atoms with Crippen LogP contribution in [0.4, 0.5) is 9.59 Å². The van der Waals surface area contributed by atoms with Crippen molar-refractivity contribution in [3.63, 3.8) is 0 Å². The van der Waals surface area contributed by atoms with E-state index in [0.29, 0.717) is 50.5 Å². The number of ether oxygens (including phenoxy) is 1. The van der Waals surface area contributed by atoms with Gasteiger partial charge in [-0.25, -0.2) is 14.4 Å². The minimum Gasteiger partial charge on any atom is -0.463 e. The van der Waals surface area contributed by atoms with Crippen LogP contribution in [0.15, 0.2) is 28.1 Å². The van der Waals surface area contributed by atoms with Crippen LogP contribution in [-0.4, -0.2) is 85.2 Å². The highest BCUT2D eigenvalue weighted by molar-refractivity contribution is 7.08. The van der Waals surface area contributed by atoms with Gasteiger partial charge in [0.1, 0.15) is 0 Å². The molecule has 0 aromatic carbocycles. The van der Waals surface area contributed by atoms with Crippen LogP contribution in [0.25, 0.3) is 0 Å². The smallest absolute Gasteiger partial charge is 0.338 e. The Balaban J connectivity index is 1.87. The Morgan fingerprint density at radius 1 is 1.21 bits per heavy atom. The molecule has 3 rings (SSSR count). The van der Waals surface area contributed by atoms with Gasteiger partial charge in [-0.2, -0.15) is 11.3 Å². The molecule has 1 atom stereocenters. The van der Waals surface area contributed by atoms with Gasteiger partial charge < -0.3 is 20.3 Å². The van der Waals surface area contributed by atoms with Gasteiger partial charge in [-0.05, 0) is 49.1 Å². The van der Waals surface area contributed by atoms with E-state index in [0.717, 1.165) is 24.9 Å². The van der Waals surface area contributed by atoms with Crippen molar-refractivity contribution in [1.82, 2.24) is 25.3 Å². The molecule has 1 unspecified atom stereocenters. The number of esters is 1. The molecule has 10 heteroatoms. The van der Waals surface area contributed by atoms with E-state index in [1.807, 2.05) is 35.6 Å². The Bertz CT molecular complexity index is 857. The molecule has 2 N–H and O–H groups in total. The lowest BCUT2D eigenvalue weighted by Crippen LogP contribution is -2.51. The lowest BCUT2D eigenvalue weighted by atomic mass is 9.96. The summed E-state index contributed by atoms with van der Waals surface area (Å²) in [6, 6.07) is 1.14. The molecule has 1 fully saturated rings. The zero-order valence-corrected chi connectivity index (χ0v) is 20.6. The van der Waals surface area contributed by atoms with Crippen molar-refractivity contribution in [3.05, 3.63) is 33.7 Å². The molecule has 2 aliphatic heterocycles. The zero-order valence-electron chi connectivity index (χ0n) is 19.8. The second-order valence-corrected chi connectivity index (χ2v) is 8.89. The van der Waals surface area contributed by atoms with Crippen molar-refractivity contribution in [2.45, 2.75) is 39.7 Å². The molecule has 1 aromatic rings. The van der Waals surface area contributed by atoms with E-state index < -0.39 is 12.0 Å². The summed E-state index contributed by atoms with van der Waals surface area (Å²) < 4.78 is 5.42. The SMILES string of the molecule is CCCNC(=O)N1CCCN(CC2=C(C(=O)OCC)C(c3ccsc3)NC(=O)N2CC)CC1. The topological polar surface area (TPSA) is 94.2 Å². The van der Waals surface area contributed by atoms with E-state index >= 15 is 0 Å². The number of carbonyl (C=O) groups excluding carboxylic acids is 3. The van der Waals surface area contributed by atoms with Crippen LogP contribution in [0.1, 0.15) is 45.2 Å². The largest absolute Gasteiger partial charge is 0.463 e. The second-order valence-electron chi connectivity index (χ2n) is 8.11. The fourth-order valence-corrected chi connectivity index (χ4v) is 4.92. The second kappa shape index (κ2) is 12.0. The van der Waals surface area contributed by atoms with Gasteiger partial charge in [-0.1, -0.05) is 6.92 Å². The molecule has 33 heavy (non-hydrogen) atoms. The van der Waals surface area contributed by atoms with E-state index in [1.165, 1.54) is 11.3 Å². The molecule has 4 amide bonds. The fourth-order valence-electron chi connectivity index (χ4n) is 4.23. The van der Waals surface area contributed by atoms with Gasteiger partial charge in [0.2, 0.25) is 0 Å². The van der Waals surface area contributed by atoms with Crippen LogP contribution >= 0.6 is 11.3 Å². The molecule has 0 aliphatic carbocycles. The lowest BCUT2D eigenvalue weighted by Gasteiger charge is -2.37. The maximum Gasteiger partial charge on any atom is 0.338 e. The van der Waals surface area contributed by atoms with Gasteiger partial charge in [-0.15, -0.1) is 0 Å². The fraction of sp³-hybridized carbons (Fsp3) is 0.609. The van der Waals surface area contributed by atoms with Gasteiger partial charge >= 0.3 is 18.0 Å². The maximum atomic E-state index is 13.1. The number of nitrogens with one attached hydrogen (secondary N) is 2. The van der Waals surface area contributed by atoms with Gasteiger partial charge in [0, 0.05) is 51.5 Å². The molecule has 3 heterocycles. The van der Waals surface area contributed by atoms with Crippen LogP contribution < -0.4 is 10.6 Å². The Morgan fingerprint density at radius 2 is 2.03 bits per heavy atom. The summed E-state index contributed by atoms with van der Waals surface area (Å²) in [5.41, 5.74) is 2.04. The van der Waals surface area contributed by atoms with E-state index in [2.05, 4.69) is 15.5 Å². The van der Waals surface area contributed by atoms with Crippen LogP contribution in [0, 0.1) is 0 Å². The quantitative estimate of drug-likeness (QED) is 0.562. The number of rotatable bonds is 8. The number of hydrogen-bond donors (Lipinski definition) is 2. The van der Waals surface area contributed by atoms with Crippen molar-refractivity contribution < 1.29 is 19.1 Å². The standard InChI is InChI=1S/C23H35N5O4S/c1-4-9-24-22(30)27-11-7-10-26(12-13-27)15-18-19(21(29)32-6-3)20(17-8-14-33-16-17)25-23(31)28(18)5-2/h8,14,16,20H,4-7,9-13,15H2,1-3H3,(H,24,30)(H,25,31). The first-order valence-corrected chi connectivity index (χ1v) is 12.7. The molecule has 0 radical (unpaired) electrons. The molecule has 0 bridgehead atoms. The average molecular weight is 478 g/mol. The van der Waals surface area contributed by atoms with Crippen molar-refractivity contribution in [1.29, 1.82) is 0 Å². The van der Waals surface area contributed by atoms with Crippen LogP contribution in [-0.2, 0) is 9.53 Å². The van der Waals surface area contributed by atoms with Gasteiger partial charge in [-0.3, -0.25) is 9.80 Å². The van der Waals surface area contributed by atoms with E-state index in [1.54, 1.807) is 11.8 Å². The molecule has 2 aliphatic rings. The summed E-state index contributed by atoms with van der Waals surface area (Å²) in [6.07, 6.45) is 1.73. The molecule has 0 saturated carbocycles. The van der Waals surface area contributed by atoms with Crippen molar-refractivity contribution in [3.8, 4) is 0 Å². The first kappa shape index (κ1) is 25.0. The van der Waals surface area contributed by atoms with Crippen LogP contribution in [0.2, 0.25) is 0 Å². The van der Waals surface area contributed by atoms with E-state index in [9.17, 15) is 14.4 Å². The minimum atomic E-state index is -0.538. The number of carbonyl (C=O) groups is 3. The summed E-state index contributed by atoms with van der Waals surface area (Å²) in [5, 5.41) is 9.81. The highest BCUT2D eigenvalue weighted by Crippen LogP contribution is 2.33. The van der Waals surface area contributed by atoms with Gasteiger partial charge in [0.05, 0.1) is 18.2 Å². The summed E-state index contributed by atoms with van der Waals surface area (Å²) in [7, 11) is 0. The van der Waals surface area contributed by atoms with Gasteiger partial charge in [0.15, 0.2) is 0 Å². The number of nitrogens with zero attached hydrogens (tertiary/aromatic N) is 3. The predicted molar refractivity (Wildman–Crippen MR) is 128 cm³/mol. The maximum absolute atomic E-state index is 13.1. The molecular weight excluding hydrogens is 442 g/mol. The molecule has 1 saturated heterocycles. The van der Waals surface area contributed by atoms with Crippen molar-refractivity contribution in [2.24, 2.45) is 0 Å². The Kier molecular flexibility index (Phi) is 9.13. The molecule has 0 spiro atoms. The summed E-state index contributed by atoms with van der Waals surface area (Å²) >= 11 is 1.52.